The fraction of sp³-hybridized carbons (Fsp3) is 0.100. The fourth-order valence-corrected chi connectivity index (χ4v) is 3.50. The van der Waals surface area contributed by atoms with Crippen molar-refractivity contribution >= 4 is 27.5 Å². The molecule has 142 valence electrons. The van der Waals surface area contributed by atoms with Gasteiger partial charge >= 0.3 is 0 Å². The molecule has 2 aromatic heterocycles. The lowest BCUT2D eigenvalue weighted by atomic mass is 10.2. The van der Waals surface area contributed by atoms with Crippen molar-refractivity contribution in [3.63, 3.8) is 0 Å². The van der Waals surface area contributed by atoms with E-state index in [1.165, 1.54) is 0 Å². The van der Waals surface area contributed by atoms with Crippen molar-refractivity contribution in [1.29, 1.82) is 0 Å². The number of aryl methyl sites for hydroxylation is 1. The minimum atomic E-state index is -0.123. The molecule has 0 fully saturated rings. The smallest absolute Gasteiger partial charge is 0.285 e. The first-order valence-electron chi connectivity index (χ1n) is 8.50. The molecule has 0 atom stereocenters. The van der Waals surface area contributed by atoms with E-state index in [0.717, 1.165) is 16.9 Å². The Morgan fingerprint density at radius 3 is 2.57 bits per heavy atom. The molecule has 0 aliphatic rings. The number of ether oxygens (including phenoxy) is 1. The molecule has 0 spiro atoms. The second-order valence-electron chi connectivity index (χ2n) is 6.16. The van der Waals surface area contributed by atoms with Crippen LogP contribution in [-0.4, -0.2) is 19.1 Å². The molecule has 0 saturated heterocycles. The highest BCUT2D eigenvalue weighted by atomic mass is 79.9. The summed E-state index contributed by atoms with van der Waals surface area (Å²) in [6, 6.07) is 16.8. The molecule has 0 bridgehead atoms. The summed E-state index contributed by atoms with van der Waals surface area (Å²) in [6.07, 6.45) is 3.55. The zero-order chi connectivity index (χ0) is 19.7. The van der Waals surface area contributed by atoms with E-state index in [1.54, 1.807) is 26.3 Å². The van der Waals surface area contributed by atoms with Crippen LogP contribution < -0.4 is 10.3 Å². The third-order valence-corrected chi connectivity index (χ3v) is 5.06. The first-order valence-corrected chi connectivity index (χ1v) is 9.67. The van der Waals surface area contributed by atoms with Gasteiger partial charge in [-0.15, -0.1) is 5.10 Å². The summed E-state index contributed by atoms with van der Waals surface area (Å²) in [4.78, 5) is 12.4. The Morgan fingerprint density at radius 2 is 1.86 bits per heavy atom. The third-order valence-electron chi connectivity index (χ3n) is 4.26. The van der Waals surface area contributed by atoms with Crippen molar-refractivity contribution in [2.45, 2.75) is 6.61 Å². The molecule has 4 rings (SSSR count). The fourth-order valence-electron chi connectivity index (χ4n) is 2.91. The molecule has 2 heterocycles. The monoisotopic (exact) mass is 458 g/mol. The van der Waals surface area contributed by atoms with Gasteiger partial charge in [0.25, 0.3) is 5.56 Å². The van der Waals surface area contributed by atoms with Crippen LogP contribution in [0.1, 0.15) is 5.56 Å². The minimum absolute atomic E-state index is 0.123. The number of halogens is 2. The van der Waals surface area contributed by atoms with Crippen LogP contribution in [0.15, 0.2) is 76.3 Å². The van der Waals surface area contributed by atoms with Gasteiger partial charge in [-0.05, 0) is 46.3 Å². The summed E-state index contributed by atoms with van der Waals surface area (Å²) in [5.41, 5.74) is 2.40. The van der Waals surface area contributed by atoms with Gasteiger partial charge in [0, 0.05) is 36.1 Å². The maximum Gasteiger partial charge on any atom is 0.285 e. The quantitative estimate of drug-likeness (QED) is 0.446. The van der Waals surface area contributed by atoms with Crippen LogP contribution >= 0.6 is 27.5 Å². The molecule has 0 amide bonds. The zero-order valence-corrected chi connectivity index (χ0v) is 17.3. The van der Waals surface area contributed by atoms with E-state index in [2.05, 4.69) is 21.0 Å². The number of benzene rings is 2. The first-order chi connectivity index (χ1) is 13.5. The molecule has 2 aromatic carbocycles. The Morgan fingerprint density at radius 1 is 1.11 bits per heavy atom. The molecule has 6 nitrogen and oxygen atoms in total. The van der Waals surface area contributed by atoms with Crippen molar-refractivity contribution < 1.29 is 4.74 Å². The van der Waals surface area contributed by atoms with Gasteiger partial charge in [-0.25, -0.2) is 9.36 Å². The summed E-state index contributed by atoms with van der Waals surface area (Å²) >= 11 is 9.22. The molecule has 4 aromatic rings. The summed E-state index contributed by atoms with van der Waals surface area (Å²) in [7, 11) is 1.82. The van der Waals surface area contributed by atoms with E-state index in [-0.39, 0.29) is 12.2 Å². The number of hydrogen-bond acceptors (Lipinski definition) is 3. The largest absolute Gasteiger partial charge is 0.472 e. The topological polar surface area (TPSA) is 54.0 Å². The van der Waals surface area contributed by atoms with Crippen LogP contribution in [0.3, 0.4) is 0 Å². The Bertz CT molecular complexity index is 1180. The predicted molar refractivity (Wildman–Crippen MR) is 112 cm³/mol. The van der Waals surface area contributed by atoms with Crippen LogP contribution in [-0.2, 0) is 13.7 Å². The van der Waals surface area contributed by atoms with Crippen LogP contribution in [0.25, 0.3) is 11.4 Å². The normalized spacial score (nSPS) is 11.0. The van der Waals surface area contributed by atoms with Gasteiger partial charge in [-0.3, -0.25) is 9.48 Å². The average molecular weight is 460 g/mol. The van der Waals surface area contributed by atoms with Gasteiger partial charge in [-0.1, -0.05) is 29.8 Å². The van der Waals surface area contributed by atoms with Crippen LogP contribution in [0.5, 0.6) is 5.88 Å². The zero-order valence-electron chi connectivity index (χ0n) is 14.9. The van der Waals surface area contributed by atoms with Crippen molar-refractivity contribution in [2.75, 3.05) is 0 Å². The van der Waals surface area contributed by atoms with E-state index in [0.29, 0.717) is 15.4 Å². The highest BCUT2D eigenvalue weighted by Gasteiger charge is 2.13. The maximum absolute atomic E-state index is 12.4. The average Bonchev–Trinajstić information content (AvgIpc) is 3.26. The molecule has 0 radical (unpaired) electrons. The summed E-state index contributed by atoms with van der Waals surface area (Å²) in [5, 5.41) is 5.11. The number of hydrogen-bond donors (Lipinski definition) is 0. The van der Waals surface area contributed by atoms with Crippen molar-refractivity contribution in [1.82, 2.24) is 19.1 Å². The predicted octanol–water partition coefficient (Wildman–Crippen LogP) is 4.36. The van der Waals surface area contributed by atoms with Crippen LogP contribution in [0, 0.1) is 0 Å². The van der Waals surface area contributed by atoms with Crippen molar-refractivity contribution in [3.8, 4) is 17.3 Å². The molecule has 0 N–H and O–H groups in total. The summed E-state index contributed by atoms with van der Waals surface area (Å²) in [5.74, 6) is 0.491. The first kappa shape index (κ1) is 18.6. The number of nitrogens with zero attached hydrogens (tertiary/aromatic N) is 4. The molecule has 0 aliphatic carbocycles. The number of rotatable bonds is 5. The van der Waals surface area contributed by atoms with Gasteiger partial charge in [0.2, 0.25) is 5.88 Å². The minimum Gasteiger partial charge on any atom is -0.472 e. The Balaban J connectivity index is 1.57. The van der Waals surface area contributed by atoms with Crippen LogP contribution in [0.4, 0.5) is 0 Å². The lowest BCUT2D eigenvalue weighted by molar-refractivity contribution is 0.291. The highest BCUT2D eigenvalue weighted by molar-refractivity contribution is 9.10. The van der Waals surface area contributed by atoms with E-state index >= 15 is 0 Å². The molecular weight excluding hydrogens is 444 g/mol. The molecule has 0 unspecified atom stereocenters. The lowest BCUT2D eigenvalue weighted by Crippen LogP contribution is -2.21. The lowest BCUT2D eigenvalue weighted by Gasteiger charge is -2.12. The van der Waals surface area contributed by atoms with E-state index in [4.69, 9.17) is 16.3 Å². The van der Waals surface area contributed by atoms with Gasteiger partial charge in [0.1, 0.15) is 11.1 Å². The second-order valence-corrected chi connectivity index (χ2v) is 7.45. The standard InChI is InChI=1S/C20H16BrClN4O2/c1-24-12-17(21)20(27)26(24)18-5-3-2-4-14(18)13-28-19-10-11-25(23-19)16-8-6-15(22)7-9-16/h2-12H,13H2,1H3. The van der Waals surface area contributed by atoms with E-state index in [9.17, 15) is 4.79 Å². The van der Waals surface area contributed by atoms with Crippen LogP contribution in [0.2, 0.25) is 5.02 Å². The molecule has 0 saturated carbocycles. The van der Waals surface area contributed by atoms with Gasteiger partial charge in [0.15, 0.2) is 0 Å². The van der Waals surface area contributed by atoms with E-state index < -0.39 is 0 Å². The van der Waals surface area contributed by atoms with Crippen molar-refractivity contribution in [3.05, 3.63) is 92.4 Å². The number of para-hydroxylation sites is 1. The molecule has 28 heavy (non-hydrogen) atoms. The Hall–Kier alpha value is -2.77. The van der Waals surface area contributed by atoms with Crippen molar-refractivity contribution in [2.24, 2.45) is 7.05 Å². The highest BCUT2D eigenvalue weighted by Crippen LogP contribution is 2.19. The summed E-state index contributed by atoms with van der Waals surface area (Å²) < 4.78 is 11.4. The van der Waals surface area contributed by atoms with Gasteiger partial charge < -0.3 is 4.74 Å². The summed E-state index contributed by atoms with van der Waals surface area (Å²) in [6.45, 7) is 0.281. The maximum atomic E-state index is 12.4. The Kier molecular flexibility index (Phi) is 5.11. The number of aromatic nitrogens is 4. The molecule has 8 heteroatoms. The van der Waals surface area contributed by atoms with Gasteiger partial charge in [0.05, 0.1) is 11.4 Å². The second kappa shape index (κ2) is 7.69. The SMILES string of the molecule is Cn1cc(Br)c(=O)n1-c1ccccc1COc1ccn(-c2ccc(Cl)cc2)n1. The van der Waals surface area contributed by atoms with E-state index in [1.807, 2.05) is 61.8 Å². The molecular formula is C20H16BrClN4O2. The Labute approximate surface area is 174 Å². The molecule has 0 aliphatic heterocycles. The third kappa shape index (κ3) is 3.63. The van der Waals surface area contributed by atoms with Gasteiger partial charge in [-0.2, -0.15) is 0 Å².